The molecule has 4 nitrogen and oxygen atoms in total. The van der Waals surface area contributed by atoms with Crippen LogP contribution in [0.15, 0.2) is 30.3 Å². The molecule has 88 valence electrons. The molecule has 0 aliphatic rings. The van der Waals surface area contributed by atoms with Crippen molar-refractivity contribution < 1.29 is 9.90 Å². The van der Waals surface area contributed by atoms with Crippen LogP contribution in [0.5, 0.6) is 0 Å². The Morgan fingerprint density at radius 3 is 2.88 bits per heavy atom. The third kappa shape index (κ3) is 2.36. The summed E-state index contributed by atoms with van der Waals surface area (Å²) in [5.41, 5.74) is 1.60. The minimum atomic E-state index is -1.00. The molecule has 0 saturated heterocycles. The smallest absolute Gasteiger partial charge is 0.354 e. The van der Waals surface area contributed by atoms with Gasteiger partial charge in [-0.1, -0.05) is 25.1 Å². The average molecular weight is 230 g/mol. The summed E-state index contributed by atoms with van der Waals surface area (Å²) in [4.78, 5) is 15.1. The first-order chi connectivity index (χ1) is 8.22. The third-order valence-corrected chi connectivity index (χ3v) is 2.50. The van der Waals surface area contributed by atoms with Crippen LogP contribution in [0, 0.1) is 0 Å². The number of aromatic nitrogens is 1. The number of hydrogen-bond acceptors (Lipinski definition) is 3. The highest BCUT2D eigenvalue weighted by Gasteiger charge is 2.09. The van der Waals surface area contributed by atoms with Crippen LogP contribution in [0.4, 0.5) is 5.69 Å². The number of pyridine rings is 1. The molecule has 0 amide bonds. The van der Waals surface area contributed by atoms with Crippen molar-refractivity contribution in [2.24, 2.45) is 0 Å². The van der Waals surface area contributed by atoms with E-state index in [1.165, 1.54) is 0 Å². The van der Waals surface area contributed by atoms with Crippen LogP contribution in [0.1, 0.15) is 23.8 Å². The van der Waals surface area contributed by atoms with Crippen LogP contribution < -0.4 is 5.32 Å². The van der Waals surface area contributed by atoms with Gasteiger partial charge in [0.1, 0.15) is 0 Å². The van der Waals surface area contributed by atoms with Gasteiger partial charge in [0.2, 0.25) is 0 Å². The second-order valence-corrected chi connectivity index (χ2v) is 3.80. The van der Waals surface area contributed by atoms with E-state index in [0.29, 0.717) is 5.52 Å². The van der Waals surface area contributed by atoms with Crippen molar-refractivity contribution in [2.75, 3.05) is 11.9 Å². The Kier molecular flexibility index (Phi) is 3.23. The van der Waals surface area contributed by atoms with Gasteiger partial charge in [0.05, 0.1) is 5.52 Å². The molecule has 0 radical (unpaired) electrons. The largest absolute Gasteiger partial charge is 0.477 e. The summed E-state index contributed by atoms with van der Waals surface area (Å²) in [7, 11) is 0. The standard InChI is InChI=1S/C13H14N2O2/c1-2-7-14-11-8-12(13(16)17)15-10-6-4-3-5-9(10)11/h3-6,8H,2,7H2,1H3,(H,14,15)(H,16,17). The lowest BCUT2D eigenvalue weighted by molar-refractivity contribution is 0.0691. The average Bonchev–Trinajstić information content (AvgIpc) is 2.35. The number of aromatic carboxylic acids is 1. The number of rotatable bonds is 4. The van der Waals surface area contributed by atoms with Crippen molar-refractivity contribution in [3.05, 3.63) is 36.0 Å². The summed E-state index contributed by atoms with van der Waals surface area (Å²) < 4.78 is 0. The van der Waals surface area contributed by atoms with Crippen LogP contribution in [-0.2, 0) is 0 Å². The number of nitrogens with one attached hydrogen (secondary N) is 1. The molecule has 1 aromatic carbocycles. The maximum absolute atomic E-state index is 11.0. The topological polar surface area (TPSA) is 62.2 Å². The van der Waals surface area contributed by atoms with Gasteiger partial charge in [0.15, 0.2) is 5.69 Å². The lowest BCUT2D eigenvalue weighted by atomic mass is 10.1. The number of benzene rings is 1. The molecule has 2 N–H and O–H groups in total. The molecule has 0 fully saturated rings. The fourth-order valence-electron chi connectivity index (χ4n) is 1.69. The van der Waals surface area contributed by atoms with Gasteiger partial charge in [0, 0.05) is 17.6 Å². The van der Waals surface area contributed by atoms with E-state index >= 15 is 0 Å². The number of nitrogens with zero attached hydrogens (tertiary/aromatic N) is 1. The molecule has 0 bridgehead atoms. The zero-order valence-electron chi connectivity index (χ0n) is 9.60. The van der Waals surface area contributed by atoms with Crippen molar-refractivity contribution in [1.82, 2.24) is 4.98 Å². The number of para-hydroxylation sites is 1. The Balaban J connectivity index is 2.56. The molecule has 0 spiro atoms. The van der Waals surface area contributed by atoms with Gasteiger partial charge < -0.3 is 10.4 Å². The molecule has 1 heterocycles. The number of carboxylic acid groups (broad SMARTS) is 1. The van der Waals surface area contributed by atoms with Crippen molar-refractivity contribution in [2.45, 2.75) is 13.3 Å². The van der Waals surface area contributed by atoms with E-state index in [9.17, 15) is 4.79 Å². The fourth-order valence-corrected chi connectivity index (χ4v) is 1.69. The van der Waals surface area contributed by atoms with Crippen LogP contribution in [0.25, 0.3) is 10.9 Å². The summed E-state index contributed by atoms with van der Waals surface area (Å²) in [5.74, 6) is -1.00. The number of carboxylic acids is 1. The second-order valence-electron chi connectivity index (χ2n) is 3.80. The number of carbonyl (C=O) groups is 1. The zero-order valence-corrected chi connectivity index (χ0v) is 9.60. The Hall–Kier alpha value is -2.10. The third-order valence-electron chi connectivity index (χ3n) is 2.50. The SMILES string of the molecule is CCCNc1cc(C(=O)O)nc2ccccc12. The first-order valence-electron chi connectivity index (χ1n) is 5.59. The van der Waals surface area contributed by atoms with E-state index in [-0.39, 0.29) is 5.69 Å². The highest BCUT2D eigenvalue weighted by molar-refractivity contribution is 5.97. The molecule has 4 heteroatoms. The molecule has 0 unspecified atom stereocenters. The molecule has 0 atom stereocenters. The van der Waals surface area contributed by atoms with Gasteiger partial charge in [-0.05, 0) is 18.6 Å². The Morgan fingerprint density at radius 2 is 2.18 bits per heavy atom. The van der Waals surface area contributed by atoms with Crippen LogP contribution in [0.3, 0.4) is 0 Å². The predicted octanol–water partition coefficient (Wildman–Crippen LogP) is 2.75. The minimum Gasteiger partial charge on any atom is -0.477 e. The molecule has 0 aliphatic heterocycles. The van der Waals surface area contributed by atoms with Gasteiger partial charge in [-0.2, -0.15) is 0 Å². The quantitative estimate of drug-likeness (QED) is 0.847. The zero-order chi connectivity index (χ0) is 12.3. The van der Waals surface area contributed by atoms with Gasteiger partial charge in [-0.3, -0.25) is 0 Å². The monoisotopic (exact) mass is 230 g/mol. The normalized spacial score (nSPS) is 10.4. The second kappa shape index (κ2) is 4.82. The van der Waals surface area contributed by atoms with Crippen molar-refractivity contribution >= 4 is 22.6 Å². The Morgan fingerprint density at radius 1 is 1.41 bits per heavy atom. The van der Waals surface area contributed by atoms with E-state index < -0.39 is 5.97 Å². The fraction of sp³-hybridized carbons (Fsp3) is 0.231. The molecule has 2 aromatic rings. The summed E-state index contributed by atoms with van der Waals surface area (Å²) >= 11 is 0. The summed E-state index contributed by atoms with van der Waals surface area (Å²) in [6.07, 6.45) is 0.985. The van der Waals surface area contributed by atoms with Crippen molar-refractivity contribution in [3.8, 4) is 0 Å². The van der Waals surface area contributed by atoms with Crippen molar-refractivity contribution in [1.29, 1.82) is 0 Å². The van der Waals surface area contributed by atoms with Gasteiger partial charge in [-0.15, -0.1) is 0 Å². The Labute approximate surface area is 99.3 Å². The number of fused-ring (bicyclic) bond motifs is 1. The van der Waals surface area contributed by atoms with E-state index in [2.05, 4.69) is 17.2 Å². The lowest BCUT2D eigenvalue weighted by Gasteiger charge is -2.09. The Bertz CT molecular complexity index is 552. The summed E-state index contributed by atoms with van der Waals surface area (Å²) in [5, 5.41) is 13.2. The first-order valence-corrected chi connectivity index (χ1v) is 5.59. The van der Waals surface area contributed by atoms with E-state index in [1.807, 2.05) is 24.3 Å². The van der Waals surface area contributed by atoms with E-state index in [4.69, 9.17) is 5.11 Å². The van der Waals surface area contributed by atoms with Crippen molar-refractivity contribution in [3.63, 3.8) is 0 Å². The maximum Gasteiger partial charge on any atom is 0.354 e. The minimum absolute atomic E-state index is 0.0716. The lowest BCUT2D eigenvalue weighted by Crippen LogP contribution is -2.05. The van der Waals surface area contributed by atoms with Crippen LogP contribution in [0.2, 0.25) is 0 Å². The predicted molar refractivity (Wildman–Crippen MR) is 67.5 cm³/mol. The van der Waals surface area contributed by atoms with Crippen LogP contribution >= 0.6 is 0 Å². The van der Waals surface area contributed by atoms with Gasteiger partial charge in [-0.25, -0.2) is 9.78 Å². The van der Waals surface area contributed by atoms with Crippen LogP contribution in [-0.4, -0.2) is 22.6 Å². The molecule has 0 saturated carbocycles. The van der Waals surface area contributed by atoms with E-state index in [0.717, 1.165) is 24.0 Å². The molecule has 0 aliphatic carbocycles. The highest BCUT2D eigenvalue weighted by Crippen LogP contribution is 2.23. The molecule has 17 heavy (non-hydrogen) atoms. The van der Waals surface area contributed by atoms with Gasteiger partial charge >= 0.3 is 5.97 Å². The van der Waals surface area contributed by atoms with E-state index in [1.54, 1.807) is 6.07 Å². The first kappa shape index (κ1) is 11.4. The molecular weight excluding hydrogens is 216 g/mol. The number of anilines is 1. The summed E-state index contributed by atoms with van der Waals surface area (Å²) in [6.45, 7) is 2.88. The molecular formula is C13H14N2O2. The summed E-state index contributed by atoms with van der Waals surface area (Å²) in [6, 6.07) is 9.11. The van der Waals surface area contributed by atoms with Gasteiger partial charge in [0.25, 0.3) is 0 Å². The molecule has 2 rings (SSSR count). The maximum atomic E-state index is 11.0. The molecule has 1 aromatic heterocycles. The highest BCUT2D eigenvalue weighted by atomic mass is 16.4. The number of hydrogen-bond donors (Lipinski definition) is 2.